The highest BCUT2D eigenvalue weighted by Crippen LogP contribution is 2.22. The van der Waals surface area contributed by atoms with E-state index in [9.17, 15) is 4.79 Å². The summed E-state index contributed by atoms with van der Waals surface area (Å²) in [4.78, 5) is 22.1. The molecule has 0 unspecified atom stereocenters. The average Bonchev–Trinajstić information content (AvgIpc) is 3.11. The lowest BCUT2D eigenvalue weighted by atomic mass is 10.1. The number of para-hydroxylation sites is 1. The standard InChI is InChI=1S/C21H17N3O2/c25-21(16-6-5-15-9-10-22-19(15)11-16)24-12-17(13-24)26-20-8-7-14-3-1-2-4-18(14)23-20/h1-11,17,22H,12-13H2. The predicted octanol–water partition coefficient (Wildman–Crippen LogP) is 3.62. The summed E-state index contributed by atoms with van der Waals surface area (Å²) < 4.78 is 5.92. The molecule has 5 nitrogen and oxygen atoms in total. The number of aromatic nitrogens is 2. The van der Waals surface area contributed by atoms with Gasteiger partial charge in [0.05, 0.1) is 18.6 Å². The van der Waals surface area contributed by atoms with E-state index in [4.69, 9.17) is 4.74 Å². The fourth-order valence-corrected chi connectivity index (χ4v) is 3.33. The number of likely N-dealkylation sites (tertiary alicyclic amines) is 1. The minimum Gasteiger partial charge on any atom is -0.471 e. The number of ether oxygens (including phenoxy) is 1. The third-order valence-electron chi connectivity index (χ3n) is 4.80. The number of hydrogen-bond acceptors (Lipinski definition) is 3. The quantitative estimate of drug-likeness (QED) is 0.618. The Morgan fingerprint density at radius 1 is 1.04 bits per heavy atom. The van der Waals surface area contributed by atoms with Crippen molar-refractivity contribution >= 4 is 27.7 Å². The first-order valence-corrected chi connectivity index (χ1v) is 8.65. The first-order chi connectivity index (χ1) is 12.8. The molecule has 0 radical (unpaired) electrons. The SMILES string of the molecule is O=C(c1ccc2cc[nH]c2c1)N1CC(Oc2ccc3ccccc3n2)C1. The van der Waals surface area contributed by atoms with Gasteiger partial charge in [0.15, 0.2) is 0 Å². The Morgan fingerprint density at radius 2 is 1.88 bits per heavy atom. The fraction of sp³-hybridized carbons (Fsp3) is 0.143. The van der Waals surface area contributed by atoms with Crippen LogP contribution in [0.3, 0.4) is 0 Å². The number of carbonyl (C=O) groups is 1. The molecule has 0 atom stereocenters. The molecule has 1 saturated heterocycles. The fourth-order valence-electron chi connectivity index (χ4n) is 3.33. The molecule has 2 aromatic heterocycles. The van der Waals surface area contributed by atoms with Crippen molar-refractivity contribution in [2.24, 2.45) is 0 Å². The predicted molar refractivity (Wildman–Crippen MR) is 100 cm³/mol. The number of carbonyl (C=O) groups excluding carboxylic acids is 1. The number of pyridine rings is 1. The van der Waals surface area contributed by atoms with Gasteiger partial charge in [-0.3, -0.25) is 4.79 Å². The van der Waals surface area contributed by atoms with E-state index < -0.39 is 0 Å². The highest BCUT2D eigenvalue weighted by Gasteiger charge is 2.33. The van der Waals surface area contributed by atoms with Gasteiger partial charge in [-0.25, -0.2) is 4.98 Å². The molecule has 3 heterocycles. The topological polar surface area (TPSA) is 58.2 Å². The van der Waals surface area contributed by atoms with Crippen molar-refractivity contribution in [3.63, 3.8) is 0 Å². The summed E-state index contributed by atoms with van der Waals surface area (Å²) in [5, 5.41) is 2.19. The van der Waals surface area contributed by atoms with Gasteiger partial charge in [0.1, 0.15) is 6.10 Å². The summed E-state index contributed by atoms with van der Waals surface area (Å²) in [6.07, 6.45) is 1.87. The van der Waals surface area contributed by atoms with E-state index in [1.165, 1.54) is 0 Å². The van der Waals surface area contributed by atoms with Crippen LogP contribution in [0.15, 0.2) is 66.9 Å². The van der Waals surface area contributed by atoms with Crippen LogP contribution in [0.25, 0.3) is 21.8 Å². The second-order valence-electron chi connectivity index (χ2n) is 6.57. The monoisotopic (exact) mass is 343 g/mol. The molecule has 5 rings (SSSR count). The van der Waals surface area contributed by atoms with Gasteiger partial charge in [0.25, 0.3) is 5.91 Å². The summed E-state index contributed by atoms with van der Waals surface area (Å²) in [5.74, 6) is 0.640. The molecule has 1 amide bonds. The Kier molecular flexibility index (Phi) is 3.38. The van der Waals surface area contributed by atoms with Gasteiger partial charge in [-0.1, -0.05) is 24.3 Å². The second-order valence-corrected chi connectivity index (χ2v) is 6.57. The van der Waals surface area contributed by atoms with E-state index in [2.05, 4.69) is 9.97 Å². The van der Waals surface area contributed by atoms with E-state index in [0.717, 1.165) is 21.8 Å². The maximum atomic E-state index is 12.6. The van der Waals surface area contributed by atoms with Crippen LogP contribution in [-0.4, -0.2) is 40.0 Å². The third kappa shape index (κ3) is 2.58. The van der Waals surface area contributed by atoms with E-state index >= 15 is 0 Å². The van der Waals surface area contributed by atoms with E-state index in [1.54, 1.807) is 4.90 Å². The van der Waals surface area contributed by atoms with Gasteiger partial charge in [0.2, 0.25) is 5.88 Å². The van der Waals surface area contributed by atoms with Gasteiger partial charge in [-0.05, 0) is 35.7 Å². The van der Waals surface area contributed by atoms with Crippen molar-refractivity contribution in [2.75, 3.05) is 13.1 Å². The van der Waals surface area contributed by atoms with Gasteiger partial charge < -0.3 is 14.6 Å². The maximum absolute atomic E-state index is 12.6. The lowest BCUT2D eigenvalue weighted by molar-refractivity contribution is 0.0161. The van der Waals surface area contributed by atoms with Crippen LogP contribution >= 0.6 is 0 Å². The zero-order chi connectivity index (χ0) is 17.5. The molecule has 2 aromatic carbocycles. The van der Waals surface area contributed by atoms with Gasteiger partial charge >= 0.3 is 0 Å². The summed E-state index contributed by atoms with van der Waals surface area (Å²) in [7, 11) is 0. The molecule has 1 N–H and O–H groups in total. The number of amides is 1. The molecule has 26 heavy (non-hydrogen) atoms. The number of benzene rings is 2. The van der Waals surface area contributed by atoms with Crippen LogP contribution in [0.2, 0.25) is 0 Å². The van der Waals surface area contributed by atoms with E-state index in [0.29, 0.717) is 24.5 Å². The molecule has 5 heteroatoms. The average molecular weight is 343 g/mol. The number of nitrogens with one attached hydrogen (secondary N) is 1. The minimum absolute atomic E-state index is 0.0122. The number of H-pyrrole nitrogens is 1. The van der Waals surface area contributed by atoms with Crippen LogP contribution in [0.1, 0.15) is 10.4 Å². The van der Waals surface area contributed by atoms with Crippen LogP contribution in [0.4, 0.5) is 0 Å². The lowest BCUT2D eigenvalue weighted by Crippen LogP contribution is -2.56. The van der Waals surface area contributed by atoms with Crippen molar-refractivity contribution < 1.29 is 9.53 Å². The highest BCUT2D eigenvalue weighted by atomic mass is 16.5. The molecule has 1 fully saturated rings. The second kappa shape index (κ2) is 5.88. The zero-order valence-corrected chi connectivity index (χ0v) is 14.1. The van der Waals surface area contributed by atoms with Crippen molar-refractivity contribution in [1.29, 1.82) is 0 Å². The number of aromatic amines is 1. The summed E-state index contributed by atoms with van der Waals surface area (Å²) in [5.41, 5.74) is 2.59. The van der Waals surface area contributed by atoms with Gasteiger partial charge in [0, 0.05) is 28.7 Å². The van der Waals surface area contributed by atoms with E-state index in [1.807, 2.05) is 66.9 Å². The molecule has 0 spiro atoms. The molecule has 1 aliphatic heterocycles. The summed E-state index contributed by atoms with van der Waals surface area (Å²) in [6.45, 7) is 1.16. The molecular weight excluding hydrogens is 326 g/mol. The normalized spacial score (nSPS) is 14.5. The Morgan fingerprint density at radius 3 is 2.81 bits per heavy atom. The summed E-state index contributed by atoms with van der Waals surface area (Å²) in [6, 6.07) is 19.6. The Hall–Kier alpha value is -3.34. The van der Waals surface area contributed by atoms with Crippen molar-refractivity contribution in [3.8, 4) is 5.88 Å². The number of hydrogen-bond donors (Lipinski definition) is 1. The lowest BCUT2D eigenvalue weighted by Gasteiger charge is -2.38. The van der Waals surface area contributed by atoms with Crippen LogP contribution in [0.5, 0.6) is 5.88 Å². The third-order valence-corrected chi connectivity index (χ3v) is 4.80. The largest absolute Gasteiger partial charge is 0.471 e. The van der Waals surface area contributed by atoms with Gasteiger partial charge in [-0.15, -0.1) is 0 Å². The molecule has 0 saturated carbocycles. The van der Waals surface area contributed by atoms with Gasteiger partial charge in [-0.2, -0.15) is 0 Å². The Labute approximate surface area is 150 Å². The van der Waals surface area contributed by atoms with Crippen molar-refractivity contribution in [3.05, 3.63) is 72.4 Å². The minimum atomic E-state index is -0.0122. The Bertz CT molecular complexity index is 1110. The first kappa shape index (κ1) is 15.0. The first-order valence-electron chi connectivity index (χ1n) is 8.65. The van der Waals surface area contributed by atoms with Crippen molar-refractivity contribution in [1.82, 2.24) is 14.9 Å². The highest BCUT2D eigenvalue weighted by molar-refractivity contribution is 5.98. The molecule has 0 bridgehead atoms. The van der Waals surface area contributed by atoms with Crippen LogP contribution in [0, 0.1) is 0 Å². The molecule has 0 aliphatic carbocycles. The Balaban J connectivity index is 1.25. The molecule has 128 valence electrons. The van der Waals surface area contributed by atoms with Crippen molar-refractivity contribution in [2.45, 2.75) is 6.10 Å². The number of rotatable bonds is 3. The summed E-state index contributed by atoms with van der Waals surface area (Å²) >= 11 is 0. The maximum Gasteiger partial charge on any atom is 0.254 e. The molecule has 4 aromatic rings. The van der Waals surface area contributed by atoms with Crippen LogP contribution < -0.4 is 4.74 Å². The van der Waals surface area contributed by atoms with Crippen LogP contribution in [-0.2, 0) is 0 Å². The molecule has 1 aliphatic rings. The number of fused-ring (bicyclic) bond motifs is 2. The van der Waals surface area contributed by atoms with E-state index in [-0.39, 0.29) is 12.0 Å². The molecular formula is C21H17N3O2. The smallest absolute Gasteiger partial charge is 0.254 e. The number of nitrogens with zero attached hydrogens (tertiary/aromatic N) is 2. The zero-order valence-electron chi connectivity index (χ0n) is 14.1.